The number of benzene rings is 8. The van der Waals surface area contributed by atoms with Gasteiger partial charge in [0.15, 0.2) is 0 Å². The predicted molar refractivity (Wildman–Crippen MR) is 196 cm³/mol. The van der Waals surface area contributed by atoms with Crippen molar-refractivity contribution >= 4 is 43.1 Å². The van der Waals surface area contributed by atoms with Gasteiger partial charge in [0.1, 0.15) is 0 Å². The zero-order chi connectivity index (χ0) is 30.5. The minimum Gasteiger partial charge on any atom is -0.256 e. The summed E-state index contributed by atoms with van der Waals surface area (Å²) >= 11 is 0. The van der Waals surface area contributed by atoms with E-state index in [4.69, 9.17) is 4.98 Å². The van der Waals surface area contributed by atoms with E-state index in [0.29, 0.717) is 0 Å². The summed E-state index contributed by atoms with van der Waals surface area (Å²) in [5.74, 6) is 0. The Labute approximate surface area is 268 Å². The van der Waals surface area contributed by atoms with Crippen molar-refractivity contribution in [2.75, 3.05) is 0 Å². The average Bonchev–Trinajstić information content (AvgIpc) is 3.13. The Hall–Kier alpha value is -6.05. The molecule has 0 radical (unpaired) electrons. The van der Waals surface area contributed by atoms with Gasteiger partial charge in [0, 0.05) is 17.3 Å². The molecule has 0 amide bonds. The molecule has 0 saturated heterocycles. The molecule has 214 valence electrons. The van der Waals surface area contributed by atoms with Gasteiger partial charge in [0.2, 0.25) is 0 Å². The van der Waals surface area contributed by atoms with Crippen LogP contribution in [0.25, 0.3) is 87.7 Å². The van der Waals surface area contributed by atoms with Crippen LogP contribution in [-0.2, 0) is 0 Å². The summed E-state index contributed by atoms with van der Waals surface area (Å²) in [7, 11) is 0. The number of hydrogen-bond donors (Lipinski definition) is 0. The lowest BCUT2D eigenvalue weighted by molar-refractivity contribution is 1.33. The molecule has 0 aliphatic heterocycles. The summed E-state index contributed by atoms with van der Waals surface area (Å²) in [6.45, 7) is 0. The van der Waals surface area contributed by atoms with Gasteiger partial charge in [-0.15, -0.1) is 0 Å². The second-order valence-corrected chi connectivity index (χ2v) is 11.9. The van der Waals surface area contributed by atoms with E-state index in [1.54, 1.807) is 0 Å². The number of pyridine rings is 1. The third-order valence-electron chi connectivity index (χ3n) is 9.27. The van der Waals surface area contributed by atoms with Crippen LogP contribution in [0.1, 0.15) is 0 Å². The van der Waals surface area contributed by atoms with Gasteiger partial charge >= 0.3 is 0 Å². The van der Waals surface area contributed by atoms with E-state index in [9.17, 15) is 0 Å². The molecule has 1 nitrogen and oxygen atoms in total. The lowest BCUT2D eigenvalue weighted by Gasteiger charge is -2.19. The first-order valence-corrected chi connectivity index (χ1v) is 15.8. The van der Waals surface area contributed by atoms with Crippen LogP contribution in [0.5, 0.6) is 0 Å². The summed E-state index contributed by atoms with van der Waals surface area (Å²) in [5.41, 5.74) is 9.35. The van der Waals surface area contributed by atoms with Crippen molar-refractivity contribution in [3.63, 3.8) is 0 Å². The summed E-state index contributed by atoms with van der Waals surface area (Å²) in [4.78, 5) is 4.86. The highest BCUT2D eigenvalue weighted by atomic mass is 14.7. The number of fused-ring (bicyclic) bond motifs is 4. The highest BCUT2D eigenvalue weighted by Gasteiger charge is 2.19. The van der Waals surface area contributed by atoms with Gasteiger partial charge in [-0.3, -0.25) is 4.98 Å². The molecule has 0 spiro atoms. The molecule has 9 aromatic rings. The van der Waals surface area contributed by atoms with Gasteiger partial charge in [-0.2, -0.15) is 0 Å². The van der Waals surface area contributed by atoms with E-state index in [1.165, 1.54) is 65.3 Å². The van der Waals surface area contributed by atoms with E-state index < -0.39 is 0 Å². The molecule has 0 fully saturated rings. The normalized spacial score (nSPS) is 11.5. The van der Waals surface area contributed by atoms with Crippen molar-refractivity contribution in [3.05, 3.63) is 176 Å². The quantitative estimate of drug-likeness (QED) is 0.188. The summed E-state index contributed by atoms with van der Waals surface area (Å²) < 4.78 is 0. The van der Waals surface area contributed by atoms with Crippen LogP contribution in [0.3, 0.4) is 0 Å². The summed E-state index contributed by atoms with van der Waals surface area (Å²) in [6, 6.07) is 61.6. The van der Waals surface area contributed by atoms with Crippen LogP contribution in [0.15, 0.2) is 176 Å². The van der Waals surface area contributed by atoms with Gasteiger partial charge in [0.25, 0.3) is 0 Å². The first-order valence-electron chi connectivity index (χ1n) is 15.8. The van der Waals surface area contributed by atoms with E-state index >= 15 is 0 Å². The fourth-order valence-electron chi connectivity index (χ4n) is 7.12. The molecule has 0 unspecified atom stereocenters. The molecule has 0 N–H and O–H groups in total. The van der Waals surface area contributed by atoms with E-state index in [0.717, 1.165) is 22.4 Å². The van der Waals surface area contributed by atoms with Gasteiger partial charge in [-0.1, -0.05) is 146 Å². The van der Waals surface area contributed by atoms with Crippen molar-refractivity contribution in [2.24, 2.45) is 0 Å². The number of aromatic nitrogens is 1. The lowest BCUT2D eigenvalue weighted by atomic mass is 9.84. The molecule has 8 aromatic carbocycles. The molecule has 1 aromatic heterocycles. The Bertz CT molecular complexity index is 2580. The van der Waals surface area contributed by atoms with Crippen molar-refractivity contribution in [1.29, 1.82) is 0 Å². The summed E-state index contributed by atoms with van der Waals surface area (Å²) in [6.07, 6.45) is 1.89. The molecular formula is C45H29N. The molecule has 0 aliphatic carbocycles. The average molecular weight is 584 g/mol. The van der Waals surface area contributed by atoms with Crippen molar-refractivity contribution in [1.82, 2.24) is 4.98 Å². The Balaban J connectivity index is 1.39. The highest BCUT2D eigenvalue weighted by molar-refractivity contribution is 6.22. The number of rotatable bonds is 4. The van der Waals surface area contributed by atoms with E-state index in [2.05, 4.69) is 164 Å². The van der Waals surface area contributed by atoms with Crippen LogP contribution < -0.4 is 0 Å². The minimum absolute atomic E-state index is 0.991. The lowest BCUT2D eigenvalue weighted by Crippen LogP contribution is -1.93. The molecule has 9 rings (SSSR count). The van der Waals surface area contributed by atoms with Gasteiger partial charge in [0.05, 0.1) is 5.69 Å². The van der Waals surface area contributed by atoms with Crippen LogP contribution in [-0.4, -0.2) is 4.98 Å². The zero-order valence-electron chi connectivity index (χ0n) is 25.2. The molecule has 0 aliphatic rings. The third-order valence-corrected chi connectivity index (χ3v) is 9.27. The van der Waals surface area contributed by atoms with E-state index in [1.807, 2.05) is 12.3 Å². The van der Waals surface area contributed by atoms with Crippen molar-refractivity contribution in [2.45, 2.75) is 0 Å². The maximum atomic E-state index is 4.86. The topological polar surface area (TPSA) is 12.9 Å². The highest BCUT2D eigenvalue weighted by Crippen LogP contribution is 2.46. The van der Waals surface area contributed by atoms with Crippen molar-refractivity contribution < 1.29 is 0 Å². The van der Waals surface area contributed by atoms with Crippen LogP contribution in [0.4, 0.5) is 0 Å². The van der Waals surface area contributed by atoms with Crippen LogP contribution in [0, 0.1) is 0 Å². The molecule has 0 atom stereocenters. The number of nitrogens with zero attached hydrogens (tertiary/aromatic N) is 1. The monoisotopic (exact) mass is 583 g/mol. The maximum absolute atomic E-state index is 4.86. The van der Waals surface area contributed by atoms with Crippen LogP contribution in [0.2, 0.25) is 0 Å². The zero-order valence-corrected chi connectivity index (χ0v) is 25.2. The molecular weight excluding hydrogens is 555 g/mol. The minimum atomic E-state index is 0.991. The molecule has 1 heteroatoms. The van der Waals surface area contributed by atoms with E-state index in [-0.39, 0.29) is 0 Å². The van der Waals surface area contributed by atoms with Gasteiger partial charge < -0.3 is 0 Å². The SMILES string of the molecule is c1ccc(-c2ncccc2-c2ccc3c(-c4ccc5ccccc5c4)c4ccccc4c(-c4ccc5ccccc5c4)c3c2)cc1. The Morgan fingerprint density at radius 2 is 0.826 bits per heavy atom. The maximum Gasteiger partial charge on any atom is 0.0780 e. The van der Waals surface area contributed by atoms with Gasteiger partial charge in [-0.25, -0.2) is 0 Å². The smallest absolute Gasteiger partial charge is 0.0780 e. The fourth-order valence-corrected chi connectivity index (χ4v) is 7.12. The fraction of sp³-hybridized carbons (Fsp3) is 0. The first-order chi connectivity index (χ1) is 22.8. The largest absolute Gasteiger partial charge is 0.256 e. The molecule has 0 bridgehead atoms. The van der Waals surface area contributed by atoms with Crippen LogP contribution >= 0.6 is 0 Å². The first kappa shape index (κ1) is 26.4. The second kappa shape index (κ2) is 10.8. The molecule has 46 heavy (non-hydrogen) atoms. The Morgan fingerprint density at radius 3 is 1.48 bits per heavy atom. The Kier molecular flexibility index (Phi) is 6.21. The third kappa shape index (κ3) is 4.37. The number of hydrogen-bond acceptors (Lipinski definition) is 1. The molecule has 1 heterocycles. The molecule has 0 saturated carbocycles. The van der Waals surface area contributed by atoms with Crippen molar-refractivity contribution in [3.8, 4) is 44.6 Å². The predicted octanol–water partition coefficient (Wildman–Crippen LogP) is 12.4. The van der Waals surface area contributed by atoms with Gasteiger partial charge in [-0.05, 0) is 95.2 Å². The Morgan fingerprint density at radius 1 is 0.304 bits per heavy atom. The standard InChI is InChI=1S/C45H29N/c1-2-13-32(14-3-1)45-38(19-10-26-46-45)35-24-25-41-42(29-35)44(37-23-21-31-12-5-7-16-34(31)28-37)40-18-9-8-17-39(40)43(41)36-22-20-30-11-4-6-15-33(30)27-36/h1-29H. The summed E-state index contributed by atoms with van der Waals surface area (Å²) in [5, 5.41) is 9.97. The second-order valence-electron chi connectivity index (χ2n) is 11.9.